The molecule has 208 valence electrons. The summed E-state index contributed by atoms with van der Waals surface area (Å²) in [4.78, 5) is 39.4. The third-order valence-electron chi connectivity index (χ3n) is 8.48. The Morgan fingerprint density at radius 3 is 2.74 bits per heavy atom. The van der Waals surface area contributed by atoms with Crippen LogP contribution in [0.1, 0.15) is 81.4 Å². The van der Waals surface area contributed by atoms with Crippen LogP contribution in [0.2, 0.25) is 0 Å². The predicted molar refractivity (Wildman–Crippen MR) is 146 cm³/mol. The molecule has 2 aliphatic rings. The largest absolute Gasteiger partial charge is 0.480 e. The highest BCUT2D eigenvalue weighted by atomic mass is 16.5. The molecular formula is C30H42N2O6. The second-order valence-corrected chi connectivity index (χ2v) is 11.3. The van der Waals surface area contributed by atoms with E-state index in [0.29, 0.717) is 54.8 Å². The number of ether oxygens (including phenoxy) is 1. The average molecular weight is 527 g/mol. The molecule has 38 heavy (non-hydrogen) atoms. The van der Waals surface area contributed by atoms with Crippen LogP contribution in [-0.4, -0.2) is 53.2 Å². The van der Waals surface area contributed by atoms with Crippen LogP contribution in [-0.2, 0) is 9.59 Å². The zero-order valence-electron chi connectivity index (χ0n) is 23.2. The summed E-state index contributed by atoms with van der Waals surface area (Å²) < 4.78 is 11.5. The van der Waals surface area contributed by atoms with Crippen molar-refractivity contribution in [2.24, 2.45) is 5.92 Å². The molecule has 8 nitrogen and oxygen atoms in total. The van der Waals surface area contributed by atoms with Crippen molar-refractivity contribution in [1.82, 2.24) is 10.2 Å². The van der Waals surface area contributed by atoms with Gasteiger partial charge in [0.25, 0.3) is 5.91 Å². The number of unbranched alkanes of at least 4 members (excludes halogenated alkanes) is 2. The molecule has 0 radical (unpaired) electrons. The van der Waals surface area contributed by atoms with Gasteiger partial charge in [-0.15, -0.1) is 0 Å². The first-order valence-electron chi connectivity index (χ1n) is 14.1. The standard InChI is InChI=1S/C30H42N2O6/c1-19-16-24(27-20(2)21(3)29(35)38-25(27)17-19)37-22(4)28(34)31-14-9-5-6-11-26(33)32-15-13-30(36)12-8-7-10-23(30)18-32/h16-17,22-23,36H,5-15,18H2,1-4H3,(H,31,34)/t22-,23-,30-/m0/s1. The topological polar surface area (TPSA) is 109 Å². The maximum Gasteiger partial charge on any atom is 0.339 e. The second kappa shape index (κ2) is 11.9. The minimum Gasteiger partial charge on any atom is -0.480 e. The first-order chi connectivity index (χ1) is 18.1. The number of rotatable bonds is 9. The highest BCUT2D eigenvalue weighted by Gasteiger charge is 2.43. The summed E-state index contributed by atoms with van der Waals surface area (Å²) in [6.45, 7) is 9.02. The van der Waals surface area contributed by atoms with Gasteiger partial charge in [0.05, 0.1) is 11.0 Å². The number of carbonyl (C=O) groups is 2. The van der Waals surface area contributed by atoms with Gasteiger partial charge in [0.15, 0.2) is 6.10 Å². The fourth-order valence-corrected chi connectivity index (χ4v) is 5.91. The molecule has 0 unspecified atom stereocenters. The highest BCUT2D eigenvalue weighted by Crippen LogP contribution is 2.40. The van der Waals surface area contributed by atoms with Crippen molar-refractivity contribution in [2.75, 3.05) is 19.6 Å². The molecule has 2 N–H and O–H groups in total. The van der Waals surface area contributed by atoms with E-state index < -0.39 is 11.7 Å². The second-order valence-electron chi connectivity index (χ2n) is 11.3. The van der Waals surface area contributed by atoms with Crippen LogP contribution in [0.25, 0.3) is 11.0 Å². The fourth-order valence-electron chi connectivity index (χ4n) is 5.91. The molecule has 1 saturated carbocycles. The Balaban J connectivity index is 1.19. The van der Waals surface area contributed by atoms with Gasteiger partial charge < -0.3 is 24.5 Å². The lowest BCUT2D eigenvalue weighted by molar-refractivity contribution is -0.143. The Kier molecular flexibility index (Phi) is 8.81. The number of fused-ring (bicyclic) bond motifs is 2. The first-order valence-corrected chi connectivity index (χ1v) is 14.1. The summed E-state index contributed by atoms with van der Waals surface area (Å²) in [6.07, 6.45) is 7.01. The number of nitrogens with one attached hydrogen (secondary N) is 1. The molecule has 1 aromatic heterocycles. The maximum atomic E-state index is 12.7. The molecule has 4 rings (SSSR count). The van der Waals surface area contributed by atoms with E-state index in [0.717, 1.165) is 56.1 Å². The van der Waals surface area contributed by atoms with Gasteiger partial charge in [-0.05, 0) is 83.1 Å². The summed E-state index contributed by atoms with van der Waals surface area (Å²) in [5.41, 5.74) is 1.71. The van der Waals surface area contributed by atoms with E-state index in [-0.39, 0.29) is 23.4 Å². The lowest BCUT2D eigenvalue weighted by atomic mass is 9.71. The Hall–Kier alpha value is -2.87. The van der Waals surface area contributed by atoms with Crippen molar-refractivity contribution in [1.29, 1.82) is 0 Å². The van der Waals surface area contributed by atoms with E-state index in [1.807, 2.05) is 24.8 Å². The van der Waals surface area contributed by atoms with Gasteiger partial charge in [-0.2, -0.15) is 0 Å². The van der Waals surface area contributed by atoms with Gasteiger partial charge in [0, 0.05) is 37.5 Å². The summed E-state index contributed by atoms with van der Waals surface area (Å²) in [7, 11) is 0. The van der Waals surface area contributed by atoms with Gasteiger partial charge >= 0.3 is 5.63 Å². The van der Waals surface area contributed by atoms with Gasteiger partial charge in [-0.3, -0.25) is 9.59 Å². The number of likely N-dealkylation sites (tertiary alicyclic amines) is 1. The van der Waals surface area contributed by atoms with E-state index in [4.69, 9.17) is 9.15 Å². The smallest absolute Gasteiger partial charge is 0.339 e. The molecule has 2 amide bonds. The number of amides is 2. The number of hydrogen-bond acceptors (Lipinski definition) is 6. The monoisotopic (exact) mass is 526 g/mol. The number of aliphatic hydroxyl groups is 1. The van der Waals surface area contributed by atoms with Crippen LogP contribution in [0.3, 0.4) is 0 Å². The minimum atomic E-state index is -0.717. The van der Waals surface area contributed by atoms with E-state index in [2.05, 4.69) is 5.32 Å². The predicted octanol–water partition coefficient (Wildman–Crippen LogP) is 4.32. The highest BCUT2D eigenvalue weighted by molar-refractivity contribution is 5.89. The van der Waals surface area contributed by atoms with Crippen LogP contribution in [0.15, 0.2) is 21.3 Å². The molecule has 2 aromatic rings. The van der Waals surface area contributed by atoms with E-state index >= 15 is 0 Å². The van der Waals surface area contributed by atoms with Gasteiger partial charge in [0.1, 0.15) is 11.3 Å². The summed E-state index contributed by atoms with van der Waals surface area (Å²) >= 11 is 0. The molecule has 1 aliphatic heterocycles. The van der Waals surface area contributed by atoms with E-state index in [1.165, 1.54) is 0 Å². The van der Waals surface area contributed by atoms with Crippen molar-refractivity contribution >= 4 is 22.8 Å². The molecule has 0 spiro atoms. The maximum absolute atomic E-state index is 12.7. The van der Waals surface area contributed by atoms with Crippen LogP contribution in [0, 0.1) is 26.7 Å². The van der Waals surface area contributed by atoms with Crippen LogP contribution in [0.5, 0.6) is 5.75 Å². The molecule has 0 bridgehead atoms. The first kappa shape index (κ1) is 28.1. The Bertz CT molecular complexity index is 1240. The van der Waals surface area contributed by atoms with Gasteiger partial charge in [-0.25, -0.2) is 4.79 Å². The number of benzene rings is 1. The van der Waals surface area contributed by atoms with Crippen molar-refractivity contribution in [3.05, 3.63) is 39.2 Å². The average Bonchev–Trinajstić information content (AvgIpc) is 2.88. The number of piperidine rings is 1. The van der Waals surface area contributed by atoms with E-state index in [9.17, 15) is 19.5 Å². The Morgan fingerprint density at radius 1 is 1.16 bits per heavy atom. The number of nitrogens with zero attached hydrogens (tertiary/aromatic N) is 1. The van der Waals surface area contributed by atoms with Crippen LogP contribution < -0.4 is 15.7 Å². The SMILES string of the molecule is Cc1cc(O[C@@H](C)C(=O)NCCCCCC(=O)N2CC[C@@]3(O)CCCC[C@H]3C2)c2c(C)c(C)c(=O)oc2c1. The molecule has 2 heterocycles. The summed E-state index contributed by atoms with van der Waals surface area (Å²) in [5, 5.41) is 14.5. The normalized spacial score (nSPS) is 22.1. The van der Waals surface area contributed by atoms with Crippen molar-refractivity contribution in [3.8, 4) is 5.75 Å². The van der Waals surface area contributed by atoms with Gasteiger partial charge in [0.2, 0.25) is 5.91 Å². The van der Waals surface area contributed by atoms with Crippen LogP contribution in [0.4, 0.5) is 0 Å². The molecule has 3 atom stereocenters. The summed E-state index contributed by atoms with van der Waals surface area (Å²) in [5.74, 6) is 0.707. The van der Waals surface area contributed by atoms with Crippen molar-refractivity contribution in [2.45, 2.75) is 97.2 Å². The van der Waals surface area contributed by atoms with Crippen molar-refractivity contribution < 1.29 is 23.8 Å². The zero-order valence-corrected chi connectivity index (χ0v) is 23.2. The quantitative estimate of drug-likeness (QED) is 0.372. The lowest BCUT2D eigenvalue weighted by Gasteiger charge is -2.47. The molecule has 1 aromatic carbocycles. The fraction of sp³-hybridized carbons (Fsp3) is 0.633. The van der Waals surface area contributed by atoms with E-state index in [1.54, 1.807) is 19.9 Å². The Morgan fingerprint density at radius 2 is 1.95 bits per heavy atom. The molecular weight excluding hydrogens is 484 g/mol. The lowest BCUT2D eigenvalue weighted by Crippen LogP contribution is -2.54. The minimum absolute atomic E-state index is 0.176. The van der Waals surface area contributed by atoms with Gasteiger partial charge in [-0.1, -0.05) is 19.3 Å². The molecule has 8 heteroatoms. The van der Waals surface area contributed by atoms with Crippen molar-refractivity contribution in [3.63, 3.8) is 0 Å². The third-order valence-corrected chi connectivity index (χ3v) is 8.48. The molecule has 1 aliphatic carbocycles. The molecule has 2 fully saturated rings. The van der Waals surface area contributed by atoms with Crippen LogP contribution >= 0.6 is 0 Å². The Labute approximate surface area is 224 Å². The number of hydrogen-bond donors (Lipinski definition) is 2. The number of carbonyl (C=O) groups excluding carboxylic acids is 2. The molecule has 1 saturated heterocycles. The zero-order chi connectivity index (χ0) is 27.4. The third kappa shape index (κ3) is 6.22. The summed E-state index contributed by atoms with van der Waals surface area (Å²) in [6, 6.07) is 3.65. The number of aryl methyl sites for hydroxylation is 2.